The van der Waals surface area contributed by atoms with Gasteiger partial charge < -0.3 is 57.8 Å². The van der Waals surface area contributed by atoms with E-state index in [1.165, 1.54) is 48.8 Å². The van der Waals surface area contributed by atoms with Gasteiger partial charge in [-0.05, 0) is 149 Å². The molecule has 5 atom stereocenters. The molecule has 2 saturated carbocycles. The number of nitriles is 3. The van der Waals surface area contributed by atoms with Crippen LogP contribution in [0.3, 0.4) is 0 Å². The molecule has 5 fully saturated rings. The Morgan fingerprint density at radius 3 is 1.32 bits per heavy atom. The number of hydrogen-bond donors (Lipinski definition) is 2. The number of fused-ring (bicyclic) bond motifs is 5. The number of benzene rings is 7. The first kappa shape index (κ1) is 92.7. The lowest BCUT2D eigenvalue weighted by atomic mass is 9.79. The van der Waals surface area contributed by atoms with Crippen LogP contribution >= 0.6 is 49.1 Å². The Kier molecular flexibility index (Phi) is 30.6. The summed E-state index contributed by atoms with van der Waals surface area (Å²) in [6.45, 7) is 18.2. The van der Waals surface area contributed by atoms with Crippen LogP contribution < -0.4 is 16.5 Å². The first-order chi connectivity index (χ1) is 58.9. The first-order valence-corrected chi connectivity index (χ1v) is 40.2. The molecule has 3 N–H and O–H groups in total. The third-order valence-electron chi connectivity index (χ3n) is 21.5. The highest BCUT2D eigenvalue weighted by Crippen LogP contribution is 2.47. The van der Waals surface area contributed by atoms with Gasteiger partial charge in [0.2, 0.25) is 5.69 Å². The van der Waals surface area contributed by atoms with Crippen molar-refractivity contribution >= 4 is 132 Å². The van der Waals surface area contributed by atoms with Gasteiger partial charge in [0.1, 0.15) is 77.0 Å². The molecule has 0 spiro atoms. The number of hydrogen-bond acceptors (Lipinski definition) is 18. The number of halogens is 6. The number of amides is 3. The number of nitrogens with one attached hydrogen (secondary N) is 1. The lowest BCUT2D eigenvalue weighted by molar-refractivity contribution is 0.00578. The average molecular weight is 1800 g/mol. The van der Waals surface area contributed by atoms with E-state index in [2.05, 4.69) is 56.2 Å². The van der Waals surface area contributed by atoms with Crippen LogP contribution in [0.25, 0.3) is 94.4 Å². The van der Waals surface area contributed by atoms with Gasteiger partial charge >= 0.3 is 7.12 Å². The predicted octanol–water partition coefficient (Wildman–Crippen LogP) is 19.0. The number of pyridine rings is 3. The summed E-state index contributed by atoms with van der Waals surface area (Å²) in [6.07, 6.45) is 5.04. The molecule has 3 saturated heterocycles. The molecule has 2 aliphatic carbocycles. The number of nitrogens with zero attached hydrogens (tertiary/aromatic N) is 10. The second kappa shape index (κ2) is 41.0. The van der Waals surface area contributed by atoms with E-state index in [-0.39, 0.29) is 54.4 Å². The van der Waals surface area contributed by atoms with E-state index in [9.17, 15) is 32.8 Å². The average Bonchev–Trinajstić information content (AvgIpc) is 1.59. The van der Waals surface area contributed by atoms with E-state index in [4.69, 9.17) is 67.8 Å². The number of furan rings is 3. The number of aromatic nitrogens is 3. The number of nitrogens with two attached hydrogens (primary N) is 1. The van der Waals surface area contributed by atoms with Crippen molar-refractivity contribution in [3.8, 4) is 74.4 Å². The van der Waals surface area contributed by atoms with E-state index >= 15 is 0 Å². The lowest BCUT2D eigenvalue weighted by Crippen LogP contribution is -2.41. The summed E-state index contributed by atoms with van der Waals surface area (Å²) in [6, 6.07) is 58.3. The lowest BCUT2D eigenvalue weighted by Gasteiger charge is -2.32. The molecular weight excluding hydrogens is 1710 g/mol. The van der Waals surface area contributed by atoms with Gasteiger partial charge in [-0.15, -0.1) is 12.4 Å². The molecule has 1 radical (unpaired) electrons. The zero-order chi connectivity index (χ0) is 88.3. The van der Waals surface area contributed by atoms with Crippen LogP contribution in [0, 0.1) is 81.7 Å². The van der Waals surface area contributed by atoms with Crippen LogP contribution in [0.15, 0.2) is 218 Å². The molecule has 3 amide bonds. The minimum atomic E-state index is -0.561. The molecule has 5 unspecified atom stereocenters. The Morgan fingerprint density at radius 2 is 0.927 bits per heavy atom. The third kappa shape index (κ3) is 21.4. The summed E-state index contributed by atoms with van der Waals surface area (Å²) in [5, 5.41) is 31.3. The van der Waals surface area contributed by atoms with Gasteiger partial charge in [0, 0.05) is 164 Å². The van der Waals surface area contributed by atoms with Crippen LogP contribution in [0.4, 0.5) is 24.5 Å². The summed E-state index contributed by atoms with van der Waals surface area (Å²) in [5.41, 5.74) is 18.3. The largest absolute Gasteiger partial charge is 0.493 e. The van der Waals surface area contributed by atoms with Crippen LogP contribution in [0.1, 0.15) is 82.9 Å². The van der Waals surface area contributed by atoms with Gasteiger partial charge in [0.05, 0.1) is 71.6 Å². The summed E-state index contributed by atoms with van der Waals surface area (Å²) < 4.78 is 86.5. The molecule has 13 aromatic rings. The van der Waals surface area contributed by atoms with Crippen molar-refractivity contribution in [2.45, 2.75) is 58.4 Å². The number of rotatable bonds is 11. The fraction of sp³-hybridized carbons (Fsp3) is 0.247. The molecule has 124 heavy (non-hydrogen) atoms. The zero-order valence-electron chi connectivity index (χ0n) is 69.5. The summed E-state index contributed by atoms with van der Waals surface area (Å²) in [4.78, 5) is 56.9. The summed E-state index contributed by atoms with van der Waals surface area (Å²) in [5.74, 6) is 2.81. The monoisotopic (exact) mass is 1790 g/mol. The topological polar surface area (TPSA) is 290 Å². The van der Waals surface area contributed by atoms with Crippen molar-refractivity contribution in [2.75, 3.05) is 74.0 Å². The van der Waals surface area contributed by atoms with Gasteiger partial charge in [0.15, 0.2) is 16.7 Å². The second-order valence-corrected chi connectivity index (χ2v) is 31.9. The van der Waals surface area contributed by atoms with E-state index < -0.39 is 35.8 Å². The number of carbonyl (C=O) groups excluding carboxylic acids is 3. The van der Waals surface area contributed by atoms with Gasteiger partial charge in [0.25, 0.3) is 17.7 Å². The first-order valence-electron chi connectivity index (χ1n) is 39.0. The van der Waals surface area contributed by atoms with Gasteiger partial charge in [-0.3, -0.25) is 29.3 Å². The SMILES string of the molecule is C.CN(C)C(=O)c1ccc(-c2cc3nccc(-c4ccc(F)c(C#N)c4)c3o2)cc1.CN(C)C(=O)c1ccc(-c2cc3nccc(-c4ccc(NC5C6COCC65)c(C#N)c4)c3o2)cc1.CN(C)C(=O)c1ccc(-c2cc3nccc(Cl)c3o2)cc1.Cl.N#Cc1cc(Br)ccc1F.NC1C2COCC12.[2H][B]P.[C-]#[N+]c1cc(B2OC(C)(C)C(C)(C)O2)ccc1F. The van der Waals surface area contributed by atoms with Crippen molar-refractivity contribution in [2.24, 2.45) is 29.4 Å². The Hall–Kier alpha value is -12.0. The van der Waals surface area contributed by atoms with Crippen molar-refractivity contribution in [3.63, 3.8) is 0 Å². The third-order valence-corrected chi connectivity index (χ3v) is 22.3. The molecule has 5 aliphatic rings. The van der Waals surface area contributed by atoms with Crippen LogP contribution in [0.2, 0.25) is 5.02 Å². The van der Waals surface area contributed by atoms with E-state index in [1.807, 2.05) is 113 Å². The highest BCUT2D eigenvalue weighted by molar-refractivity contribution is 9.10. The maximum Gasteiger partial charge on any atom is 0.493 e. The molecule has 7 aromatic carbocycles. The highest BCUT2D eigenvalue weighted by atomic mass is 79.9. The minimum Gasteiger partial charge on any atom is -0.454 e. The molecule has 0 bridgehead atoms. The Morgan fingerprint density at radius 1 is 0.556 bits per heavy atom. The second-order valence-electron chi connectivity index (χ2n) is 30.6. The van der Waals surface area contributed by atoms with Crippen molar-refractivity contribution < 1.29 is 59.6 Å². The summed E-state index contributed by atoms with van der Waals surface area (Å²) >= 11 is 9.19. The summed E-state index contributed by atoms with van der Waals surface area (Å²) in [7, 11) is 13.0. The van der Waals surface area contributed by atoms with Gasteiger partial charge in [-0.1, -0.05) is 95.6 Å². The molecule has 633 valence electrons. The van der Waals surface area contributed by atoms with Crippen LogP contribution in [0.5, 0.6) is 0 Å². The number of anilines is 1. The number of carbonyl (C=O) groups is 3. The van der Waals surface area contributed by atoms with Gasteiger partial charge in [-0.2, -0.15) is 24.9 Å². The van der Waals surface area contributed by atoms with E-state index in [1.54, 1.807) is 143 Å². The van der Waals surface area contributed by atoms with Crippen molar-refractivity contribution in [1.82, 2.24) is 29.7 Å². The number of ether oxygens (including phenoxy) is 2. The Labute approximate surface area is 741 Å². The molecule has 31 heteroatoms. The standard InChI is InChI=1S/C28H24N4O3.C23H16FN3O2.C16H13ClN2O2.C13H15BFNO2.C7H3BrFN.C5H9NO.CH4.BH3P.ClH/c1-32(2)28(33)17-5-3-16(4-6-17)25-12-24-27(35-25)20(9-10-30-24)18-7-8-23(19(11-18)13-29)31-26-21-14-34-15-22(21)26;1-27(2)23(28)15-5-3-14(4-6-15)21-12-20-22(29-21)18(9-10-26-20)16-7-8-19(24)17(11-16)13-25;1-19(2)16(20)11-5-3-10(4-6-11)14-9-13-15(21-14)12(17)7-8-18-13;1-12(2)13(3,4)18-14(17-12)9-6-7-10(15)11(8-9)16-5;8-6-1-2-7(9)5(3-6)4-10;6-5-3-1-7-2-4(3)5;;1-2;/h3-12,21-22,26,31H,14-15H2,1-2H3;3-12H,1-2H3;3-9H,1-2H3;6-8H,1-4H3;1-3H;3-5H,1-2,6H2;1H4;1H,2H2;1H/i;;;;;;;1D;. The minimum absolute atomic E-state index is 0. The molecule has 3 aliphatic heterocycles. The quantitative estimate of drug-likeness (QED) is 0.0691. The van der Waals surface area contributed by atoms with Crippen LogP contribution in [-0.2, 0) is 18.8 Å². The molecule has 6 aromatic heterocycles. The molecule has 9 heterocycles. The van der Waals surface area contributed by atoms with E-state index in [0.717, 1.165) is 82.8 Å². The molecular formula is C93H88B2BrCl2F3N12O10P. The maximum absolute atomic E-state index is 13.7. The fourth-order valence-corrected chi connectivity index (χ4v) is 14.3. The smallest absolute Gasteiger partial charge is 0.454 e. The zero-order valence-corrected chi connectivity index (χ0v) is 72.8. The van der Waals surface area contributed by atoms with E-state index in [0.29, 0.717) is 112 Å². The Bertz CT molecular complexity index is 6230. The normalized spacial score (nSPS) is 17.1. The maximum atomic E-state index is 13.7. The van der Waals surface area contributed by atoms with Crippen molar-refractivity contribution in [3.05, 3.63) is 272 Å². The van der Waals surface area contributed by atoms with Crippen molar-refractivity contribution in [1.29, 1.82) is 17.1 Å². The fourth-order valence-electron chi connectivity index (χ4n) is 13.7. The molecule has 22 nitrogen and oxygen atoms in total. The Balaban J connectivity index is 0.000000164. The highest BCUT2D eigenvalue weighted by Gasteiger charge is 2.55. The van der Waals surface area contributed by atoms with Crippen LogP contribution in [-0.4, -0.2) is 155 Å². The molecule has 18 rings (SSSR count). The van der Waals surface area contributed by atoms with Gasteiger partial charge in [-0.25, -0.2) is 18.0 Å². The predicted molar refractivity (Wildman–Crippen MR) is 487 cm³/mol.